The lowest BCUT2D eigenvalue weighted by Gasteiger charge is -2.29. The highest BCUT2D eigenvalue weighted by Gasteiger charge is 2.21. The molecule has 0 aromatic carbocycles. The van der Waals surface area contributed by atoms with Gasteiger partial charge in [0, 0.05) is 44.0 Å². The fourth-order valence-electron chi connectivity index (χ4n) is 2.96. The summed E-state index contributed by atoms with van der Waals surface area (Å²) in [6, 6.07) is 0. The van der Waals surface area contributed by atoms with Crippen molar-refractivity contribution in [3.05, 3.63) is 11.3 Å². The second kappa shape index (κ2) is 7.29. The predicted octanol–water partition coefficient (Wildman–Crippen LogP) is 0.784. The number of rotatable bonds is 5. The molecule has 7 heteroatoms. The summed E-state index contributed by atoms with van der Waals surface area (Å²) in [7, 11) is 0. The van der Waals surface area contributed by atoms with E-state index < -0.39 is 0 Å². The summed E-state index contributed by atoms with van der Waals surface area (Å²) < 4.78 is 0. The highest BCUT2D eigenvalue weighted by molar-refractivity contribution is 7.97. The Hall–Kier alpha value is -1.05. The van der Waals surface area contributed by atoms with Crippen molar-refractivity contribution in [1.82, 2.24) is 15.3 Å². The first-order chi connectivity index (χ1) is 10.4. The largest absolute Gasteiger partial charge is 0.369 e. The van der Waals surface area contributed by atoms with E-state index >= 15 is 0 Å². The van der Waals surface area contributed by atoms with E-state index in [2.05, 4.69) is 15.5 Å². The molecule has 0 spiro atoms. The zero-order valence-corrected chi connectivity index (χ0v) is 13.2. The summed E-state index contributed by atoms with van der Waals surface area (Å²) in [6.07, 6.45) is 4.65. The Bertz CT molecular complexity index is 475. The van der Waals surface area contributed by atoms with E-state index in [1.807, 2.05) is 0 Å². The van der Waals surface area contributed by atoms with Gasteiger partial charge in [0.05, 0.1) is 5.69 Å². The summed E-state index contributed by atoms with van der Waals surface area (Å²) in [5, 5.41) is 12.3. The number of hydrogen-bond donors (Lipinski definition) is 3. The minimum atomic E-state index is 0.853. The molecule has 6 nitrogen and oxygen atoms in total. The van der Waals surface area contributed by atoms with Gasteiger partial charge < -0.3 is 15.5 Å². The van der Waals surface area contributed by atoms with Gasteiger partial charge in [-0.3, -0.25) is 5.14 Å². The van der Waals surface area contributed by atoms with Crippen LogP contribution in [0.5, 0.6) is 0 Å². The number of piperazine rings is 1. The Morgan fingerprint density at radius 1 is 1.19 bits per heavy atom. The third-order valence-electron chi connectivity index (χ3n) is 4.08. The summed E-state index contributed by atoms with van der Waals surface area (Å²) >= 11 is 1.37. The van der Waals surface area contributed by atoms with Crippen molar-refractivity contribution in [2.45, 2.75) is 25.7 Å². The molecule has 3 rings (SSSR count). The molecule has 4 N–H and O–H groups in total. The first-order valence-corrected chi connectivity index (χ1v) is 8.84. The van der Waals surface area contributed by atoms with Gasteiger partial charge in [-0.2, -0.15) is 4.98 Å². The Morgan fingerprint density at radius 3 is 2.81 bits per heavy atom. The van der Waals surface area contributed by atoms with Gasteiger partial charge >= 0.3 is 0 Å². The maximum absolute atomic E-state index is 5.51. The molecule has 2 heterocycles. The molecule has 1 fully saturated rings. The minimum Gasteiger partial charge on any atom is -0.369 e. The van der Waals surface area contributed by atoms with E-state index in [4.69, 9.17) is 15.1 Å². The maximum Gasteiger partial charge on any atom is 0.227 e. The molecule has 116 valence electrons. The fraction of sp³-hybridized carbons (Fsp3) is 0.714. The molecule has 2 aliphatic rings. The summed E-state index contributed by atoms with van der Waals surface area (Å²) in [6.45, 7) is 4.83. The predicted molar refractivity (Wildman–Crippen MR) is 88.9 cm³/mol. The van der Waals surface area contributed by atoms with Crippen LogP contribution in [-0.4, -0.2) is 48.4 Å². The van der Waals surface area contributed by atoms with Gasteiger partial charge in [0.1, 0.15) is 5.82 Å². The molecule has 1 aromatic rings. The van der Waals surface area contributed by atoms with Crippen LogP contribution in [0, 0.1) is 0 Å². The number of hydrogen-bond acceptors (Lipinski definition) is 7. The van der Waals surface area contributed by atoms with E-state index in [1.54, 1.807) is 0 Å². The summed E-state index contributed by atoms with van der Waals surface area (Å²) in [4.78, 5) is 11.9. The smallest absolute Gasteiger partial charge is 0.227 e. The second-order valence-corrected chi connectivity index (χ2v) is 6.28. The molecule has 0 amide bonds. The van der Waals surface area contributed by atoms with E-state index in [0.717, 1.165) is 63.1 Å². The lowest BCUT2D eigenvalue weighted by molar-refractivity contribution is 0.575. The van der Waals surface area contributed by atoms with Crippen LogP contribution in [0.15, 0.2) is 0 Å². The molecular weight excluding hydrogens is 284 g/mol. The zero-order valence-electron chi connectivity index (χ0n) is 12.4. The Balaban J connectivity index is 1.84. The first kappa shape index (κ1) is 14.9. The van der Waals surface area contributed by atoms with Gasteiger partial charge in [0.2, 0.25) is 5.95 Å². The SMILES string of the molecule is NSCCNc1nc(N2CCNCC2)nc2c1CCCC2. The maximum atomic E-state index is 5.51. The topological polar surface area (TPSA) is 79.1 Å². The normalized spacial score (nSPS) is 18.4. The fourth-order valence-corrected chi connectivity index (χ4v) is 3.18. The van der Waals surface area contributed by atoms with E-state index in [0.29, 0.717) is 0 Å². The van der Waals surface area contributed by atoms with Crippen LogP contribution in [0.4, 0.5) is 11.8 Å². The standard InChI is InChI=1S/C14H24N6S/c15-21-10-7-17-13-11-3-1-2-4-12(11)18-14(19-13)20-8-5-16-6-9-20/h16H,1-10,15H2,(H,17,18,19). The van der Waals surface area contributed by atoms with Crippen molar-refractivity contribution in [3.8, 4) is 0 Å². The number of aromatic nitrogens is 2. The van der Waals surface area contributed by atoms with Crippen LogP contribution in [0.3, 0.4) is 0 Å². The van der Waals surface area contributed by atoms with Gasteiger partial charge in [0.25, 0.3) is 0 Å². The Labute approximate surface area is 130 Å². The third kappa shape index (κ3) is 3.59. The van der Waals surface area contributed by atoms with Crippen LogP contribution in [0.2, 0.25) is 0 Å². The molecule has 0 radical (unpaired) electrons. The molecule has 0 bridgehead atoms. The number of fused-ring (bicyclic) bond motifs is 1. The molecule has 1 aliphatic heterocycles. The van der Waals surface area contributed by atoms with Gasteiger partial charge in [-0.15, -0.1) is 0 Å². The van der Waals surface area contributed by atoms with Crippen molar-refractivity contribution >= 4 is 23.7 Å². The first-order valence-electron chi connectivity index (χ1n) is 7.79. The number of nitrogens with zero attached hydrogens (tertiary/aromatic N) is 3. The van der Waals surface area contributed by atoms with E-state index in [9.17, 15) is 0 Å². The minimum absolute atomic E-state index is 0.853. The molecule has 21 heavy (non-hydrogen) atoms. The highest BCUT2D eigenvalue weighted by Crippen LogP contribution is 2.27. The lowest BCUT2D eigenvalue weighted by atomic mass is 9.96. The lowest BCUT2D eigenvalue weighted by Crippen LogP contribution is -2.44. The number of anilines is 2. The average molecular weight is 308 g/mol. The van der Waals surface area contributed by atoms with Crippen LogP contribution < -0.4 is 20.7 Å². The molecule has 0 atom stereocenters. The third-order valence-corrected chi connectivity index (χ3v) is 4.52. The van der Waals surface area contributed by atoms with E-state index in [1.165, 1.54) is 36.0 Å². The van der Waals surface area contributed by atoms with Gasteiger partial charge in [-0.05, 0) is 25.7 Å². The van der Waals surface area contributed by atoms with Crippen LogP contribution in [0.25, 0.3) is 0 Å². The van der Waals surface area contributed by atoms with Crippen molar-refractivity contribution in [3.63, 3.8) is 0 Å². The molecule has 0 saturated carbocycles. The van der Waals surface area contributed by atoms with Crippen molar-refractivity contribution in [1.29, 1.82) is 0 Å². The summed E-state index contributed by atoms with van der Waals surface area (Å²) in [5.74, 6) is 2.81. The van der Waals surface area contributed by atoms with Crippen molar-refractivity contribution < 1.29 is 0 Å². The quantitative estimate of drug-likeness (QED) is 0.548. The summed E-state index contributed by atoms with van der Waals surface area (Å²) in [5.41, 5.74) is 2.56. The highest BCUT2D eigenvalue weighted by atomic mass is 32.2. The van der Waals surface area contributed by atoms with Crippen LogP contribution in [-0.2, 0) is 12.8 Å². The van der Waals surface area contributed by atoms with E-state index in [-0.39, 0.29) is 0 Å². The number of nitrogens with one attached hydrogen (secondary N) is 2. The van der Waals surface area contributed by atoms with Crippen molar-refractivity contribution in [2.24, 2.45) is 5.14 Å². The van der Waals surface area contributed by atoms with Gasteiger partial charge in [-0.1, -0.05) is 11.9 Å². The van der Waals surface area contributed by atoms with Crippen molar-refractivity contribution in [2.75, 3.05) is 48.7 Å². The monoisotopic (exact) mass is 308 g/mol. The molecular formula is C14H24N6S. The second-order valence-electron chi connectivity index (χ2n) is 5.54. The van der Waals surface area contributed by atoms with Crippen LogP contribution in [0.1, 0.15) is 24.1 Å². The average Bonchev–Trinajstić information content (AvgIpc) is 2.55. The molecule has 0 unspecified atom stereocenters. The number of aryl methyl sites for hydroxylation is 1. The van der Waals surface area contributed by atoms with Crippen LogP contribution >= 0.6 is 11.9 Å². The van der Waals surface area contributed by atoms with Gasteiger partial charge in [-0.25, -0.2) is 4.98 Å². The van der Waals surface area contributed by atoms with Gasteiger partial charge in [0.15, 0.2) is 0 Å². The number of nitrogens with two attached hydrogens (primary N) is 1. The molecule has 1 aromatic heterocycles. The molecule has 1 saturated heterocycles. The molecule has 1 aliphatic carbocycles. The Morgan fingerprint density at radius 2 is 2.00 bits per heavy atom. The Kier molecular flexibility index (Phi) is 5.16. The zero-order chi connectivity index (χ0) is 14.5.